The van der Waals surface area contributed by atoms with Gasteiger partial charge in [-0.05, 0) is 116 Å². The van der Waals surface area contributed by atoms with Crippen molar-refractivity contribution in [1.82, 2.24) is 19.6 Å². The minimum atomic E-state index is 0.396. The molecule has 0 aliphatic heterocycles. The van der Waals surface area contributed by atoms with Crippen molar-refractivity contribution in [1.29, 1.82) is 0 Å². The third kappa shape index (κ3) is 9.36. The number of nitrogens with zero attached hydrogens (tertiary/aromatic N) is 6. The van der Waals surface area contributed by atoms with Crippen LogP contribution in [0.3, 0.4) is 0 Å². The van der Waals surface area contributed by atoms with Crippen molar-refractivity contribution in [3.05, 3.63) is 81.9 Å². The van der Waals surface area contributed by atoms with Gasteiger partial charge >= 0.3 is 0 Å². The standard InChI is InChI=1S/C34H52N6O2/c1-35(2)21-27-15-25(16-28(33(27)41)22-36(3)4)19-39(9)31-11-13-32(14-12-31)40(10)20-26-17-29(23-37(5)6)34(42)30(18-26)24-38(7)8/h11-18,41-42H,19-24H2,1-10H3. The van der Waals surface area contributed by atoms with E-state index in [1.54, 1.807) is 0 Å². The molecule has 3 aromatic carbocycles. The van der Waals surface area contributed by atoms with Gasteiger partial charge in [0.1, 0.15) is 11.5 Å². The van der Waals surface area contributed by atoms with Crippen molar-refractivity contribution in [3.63, 3.8) is 0 Å². The lowest BCUT2D eigenvalue weighted by Crippen LogP contribution is -2.20. The average Bonchev–Trinajstić information content (AvgIpc) is 2.88. The Kier molecular flexibility index (Phi) is 11.7. The Morgan fingerprint density at radius 2 is 0.643 bits per heavy atom. The van der Waals surface area contributed by atoms with Crippen molar-refractivity contribution in [2.24, 2.45) is 0 Å². The fourth-order valence-corrected chi connectivity index (χ4v) is 5.38. The topological polar surface area (TPSA) is 59.9 Å². The molecule has 230 valence electrons. The molecule has 0 saturated heterocycles. The second-order valence-corrected chi connectivity index (χ2v) is 12.7. The van der Waals surface area contributed by atoms with Crippen LogP contribution in [0.1, 0.15) is 33.4 Å². The molecule has 42 heavy (non-hydrogen) atoms. The van der Waals surface area contributed by atoms with Crippen LogP contribution >= 0.6 is 0 Å². The van der Waals surface area contributed by atoms with Gasteiger partial charge in [0, 0.05) is 87.0 Å². The zero-order chi connectivity index (χ0) is 31.1. The molecule has 3 aromatic rings. The van der Waals surface area contributed by atoms with Crippen molar-refractivity contribution < 1.29 is 10.2 Å². The summed E-state index contributed by atoms with van der Waals surface area (Å²) < 4.78 is 0. The van der Waals surface area contributed by atoms with Gasteiger partial charge < -0.3 is 39.6 Å². The van der Waals surface area contributed by atoms with Crippen LogP contribution in [0.2, 0.25) is 0 Å². The smallest absolute Gasteiger partial charge is 0.124 e. The molecule has 0 saturated carbocycles. The largest absolute Gasteiger partial charge is 0.507 e. The minimum Gasteiger partial charge on any atom is -0.507 e. The molecule has 0 fully saturated rings. The number of aromatic hydroxyl groups is 2. The molecule has 0 bridgehead atoms. The molecule has 0 aliphatic rings. The van der Waals surface area contributed by atoms with Crippen LogP contribution in [0.25, 0.3) is 0 Å². The van der Waals surface area contributed by atoms with E-state index in [-0.39, 0.29) is 0 Å². The van der Waals surface area contributed by atoms with E-state index in [0.717, 1.165) is 46.7 Å². The molecule has 0 unspecified atom stereocenters. The highest BCUT2D eigenvalue weighted by molar-refractivity contribution is 5.57. The van der Waals surface area contributed by atoms with Crippen molar-refractivity contribution in [3.8, 4) is 11.5 Å². The Hall–Kier alpha value is -3.30. The van der Waals surface area contributed by atoms with E-state index in [2.05, 4.69) is 92.0 Å². The van der Waals surface area contributed by atoms with Gasteiger partial charge in [-0.3, -0.25) is 0 Å². The molecule has 8 nitrogen and oxygen atoms in total. The van der Waals surface area contributed by atoms with E-state index in [1.165, 1.54) is 11.1 Å². The minimum absolute atomic E-state index is 0.396. The third-order valence-corrected chi connectivity index (χ3v) is 7.17. The van der Waals surface area contributed by atoms with E-state index in [9.17, 15) is 10.2 Å². The van der Waals surface area contributed by atoms with Gasteiger partial charge in [-0.1, -0.05) is 0 Å². The van der Waals surface area contributed by atoms with E-state index in [4.69, 9.17) is 0 Å². The fourth-order valence-electron chi connectivity index (χ4n) is 5.38. The molecular weight excluding hydrogens is 524 g/mol. The first-order chi connectivity index (χ1) is 19.7. The Bertz CT molecular complexity index is 1140. The van der Waals surface area contributed by atoms with Gasteiger partial charge in [-0.25, -0.2) is 0 Å². The number of phenolic OH excluding ortho intramolecular Hbond substituents is 2. The van der Waals surface area contributed by atoms with Crippen LogP contribution in [-0.4, -0.2) is 100 Å². The first kappa shape index (κ1) is 33.2. The highest BCUT2D eigenvalue weighted by Gasteiger charge is 2.15. The van der Waals surface area contributed by atoms with Crippen LogP contribution in [0, 0.1) is 0 Å². The molecule has 0 atom stereocenters. The fraction of sp³-hybridized carbons (Fsp3) is 0.471. The van der Waals surface area contributed by atoms with Gasteiger partial charge in [0.2, 0.25) is 0 Å². The summed E-state index contributed by atoms with van der Waals surface area (Å²) in [5.74, 6) is 0.792. The van der Waals surface area contributed by atoms with Crippen molar-refractivity contribution >= 4 is 11.4 Å². The highest BCUT2D eigenvalue weighted by Crippen LogP contribution is 2.30. The van der Waals surface area contributed by atoms with Crippen molar-refractivity contribution in [2.75, 3.05) is 80.3 Å². The second-order valence-electron chi connectivity index (χ2n) is 12.7. The maximum absolute atomic E-state index is 10.9. The van der Waals surface area contributed by atoms with Crippen LogP contribution in [0.4, 0.5) is 11.4 Å². The molecular formula is C34H52N6O2. The van der Waals surface area contributed by atoms with E-state index in [1.807, 2.05) is 56.4 Å². The zero-order valence-corrected chi connectivity index (χ0v) is 27.4. The molecule has 0 spiro atoms. The predicted molar refractivity (Wildman–Crippen MR) is 176 cm³/mol. The number of anilines is 2. The molecule has 0 aromatic heterocycles. The monoisotopic (exact) mass is 576 g/mol. The Balaban J connectivity index is 1.77. The van der Waals surface area contributed by atoms with Gasteiger partial charge in [0.15, 0.2) is 0 Å². The number of hydrogen-bond donors (Lipinski definition) is 2. The molecule has 0 heterocycles. The summed E-state index contributed by atoms with van der Waals surface area (Å²) in [5, 5.41) is 21.8. The maximum atomic E-state index is 10.9. The van der Waals surface area contributed by atoms with Crippen molar-refractivity contribution in [2.45, 2.75) is 39.3 Å². The summed E-state index contributed by atoms with van der Waals surface area (Å²) in [5.41, 5.74) is 8.45. The number of rotatable bonds is 14. The summed E-state index contributed by atoms with van der Waals surface area (Å²) in [6, 6.07) is 17.2. The lowest BCUT2D eigenvalue weighted by atomic mass is 10.0. The summed E-state index contributed by atoms with van der Waals surface area (Å²) >= 11 is 0. The quantitative estimate of drug-likeness (QED) is 0.289. The van der Waals surface area contributed by atoms with Gasteiger partial charge in [-0.15, -0.1) is 0 Å². The Labute approximate surface area is 254 Å². The maximum Gasteiger partial charge on any atom is 0.124 e. The number of hydrogen-bond acceptors (Lipinski definition) is 8. The van der Waals surface area contributed by atoms with Gasteiger partial charge in [0.05, 0.1) is 0 Å². The second kappa shape index (κ2) is 14.7. The van der Waals surface area contributed by atoms with Crippen LogP contribution in [0.15, 0.2) is 48.5 Å². The normalized spacial score (nSPS) is 11.8. The summed E-state index contributed by atoms with van der Waals surface area (Å²) in [6.07, 6.45) is 0. The molecule has 8 heteroatoms. The first-order valence-electron chi connectivity index (χ1n) is 14.5. The summed E-state index contributed by atoms with van der Waals surface area (Å²) in [6.45, 7) is 4.26. The molecule has 0 aliphatic carbocycles. The van der Waals surface area contributed by atoms with Crippen LogP contribution in [-0.2, 0) is 39.3 Å². The molecule has 0 amide bonds. The predicted octanol–water partition coefficient (Wildman–Crippen LogP) is 4.62. The van der Waals surface area contributed by atoms with Crippen LogP contribution in [0.5, 0.6) is 11.5 Å². The summed E-state index contributed by atoms with van der Waals surface area (Å²) in [7, 11) is 20.4. The zero-order valence-electron chi connectivity index (χ0n) is 27.4. The Morgan fingerprint density at radius 1 is 0.405 bits per heavy atom. The molecule has 0 radical (unpaired) electrons. The molecule has 3 rings (SSSR count). The lowest BCUT2D eigenvalue weighted by Gasteiger charge is -2.25. The van der Waals surface area contributed by atoms with Gasteiger partial charge in [-0.2, -0.15) is 0 Å². The van der Waals surface area contributed by atoms with Crippen LogP contribution < -0.4 is 9.80 Å². The highest BCUT2D eigenvalue weighted by atomic mass is 16.3. The SMILES string of the molecule is CN(C)Cc1cc(CN(C)c2ccc(N(C)Cc3cc(CN(C)C)c(O)c(CN(C)C)c3)cc2)cc(CN(C)C)c1O. The first-order valence-corrected chi connectivity index (χ1v) is 14.5. The van der Waals surface area contributed by atoms with E-state index in [0.29, 0.717) is 37.7 Å². The summed E-state index contributed by atoms with van der Waals surface area (Å²) in [4.78, 5) is 12.8. The lowest BCUT2D eigenvalue weighted by molar-refractivity contribution is 0.368. The third-order valence-electron chi connectivity index (χ3n) is 7.17. The van der Waals surface area contributed by atoms with E-state index >= 15 is 0 Å². The number of phenols is 2. The number of benzene rings is 3. The average molecular weight is 577 g/mol. The van der Waals surface area contributed by atoms with E-state index < -0.39 is 0 Å². The molecule has 2 N–H and O–H groups in total. The van der Waals surface area contributed by atoms with Gasteiger partial charge in [0.25, 0.3) is 0 Å². The Morgan fingerprint density at radius 3 is 0.857 bits per heavy atom.